The summed E-state index contributed by atoms with van der Waals surface area (Å²) in [4.78, 5) is 11.1. The first kappa shape index (κ1) is 15.5. The fraction of sp³-hybridized carbons (Fsp3) is 0.533. The van der Waals surface area contributed by atoms with Gasteiger partial charge in [-0.25, -0.2) is 0 Å². The Morgan fingerprint density at radius 2 is 2.05 bits per heavy atom. The van der Waals surface area contributed by atoms with Crippen LogP contribution in [0.3, 0.4) is 0 Å². The van der Waals surface area contributed by atoms with Gasteiger partial charge in [-0.15, -0.1) is 0 Å². The molecule has 0 bridgehead atoms. The highest BCUT2D eigenvalue weighted by atomic mass is 16.5. The molecule has 19 heavy (non-hydrogen) atoms. The molecule has 1 aromatic carbocycles. The summed E-state index contributed by atoms with van der Waals surface area (Å²) in [5.74, 6) is 1.47. The number of hydrogen-bond acceptors (Lipinski definition) is 3. The Morgan fingerprint density at radius 3 is 2.74 bits per heavy atom. The van der Waals surface area contributed by atoms with Crippen LogP contribution in [0.25, 0.3) is 0 Å². The van der Waals surface area contributed by atoms with Crippen molar-refractivity contribution in [2.24, 2.45) is 5.92 Å². The maximum absolute atomic E-state index is 11.1. The van der Waals surface area contributed by atoms with E-state index in [2.05, 4.69) is 24.5 Å². The molecule has 0 unspecified atom stereocenters. The third kappa shape index (κ3) is 6.25. The smallest absolute Gasteiger partial charge is 0.223 e. The Kier molecular flexibility index (Phi) is 6.97. The van der Waals surface area contributed by atoms with Crippen LogP contribution in [0.4, 0.5) is 0 Å². The van der Waals surface area contributed by atoms with E-state index in [-0.39, 0.29) is 5.91 Å². The van der Waals surface area contributed by atoms with Crippen molar-refractivity contribution in [3.05, 3.63) is 29.8 Å². The lowest BCUT2D eigenvalue weighted by atomic mass is 10.2. The van der Waals surface area contributed by atoms with Crippen LogP contribution in [0, 0.1) is 5.92 Å². The Hall–Kier alpha value is -1.55. The lowest BCUT2D eigenvalue weighted by Crippen LogP contribution is -2.21. The average Bonchev–Trinajstić information content (AvgIpc) is 2.40. The summed E-state index contributed by atoms with van der Waals surface area (Å²) in [5, 5.41) is 5.97. The number of carbonyl (C=O) groups excluding carboxylic acids is 1. The third-order valence-electron chi connectivity index (χ3n) is 2.71. The molecule has 0 saturated heterocycles. The predicted molar refractivity (Wildman–Crippen MR) is 77.2 cm³/mol. The van der Waals surface area contributed by atoms with Gasteiger partial charge in [-0.05, 0) is 18.5 Å². The van der Waals surface area contributed by atoms with Crippen molar-refractivity contribution in [3.63, 3.8) is 0 Å². The summed E-state index contributed by atoms with van der Waals surface area (Å²) >= 11 is 0. The van der Waals surface area contributed by atoms with Crippen molar-refractivity contribution in [1.29, 1.82) is 0 Å². The van der Waals surface area contributed by atoms with Crippen LogP contribution in [-0.2, 0) is 11.3 Å². The quantitative estimate of drug-likeness (QED) is 0.754. The first-order valence-corrected chi connectivity index (χ1v) is 6.75. The average molecular weight is 264 g/mol. The zero-order valence-electron chi connectivity index (χ0n) is 12.0. The highest BCUT2D eigenvalue weighted by Gasteiger charge is 2.04. The van der Waals surface area contributed by atoms with Gasteiger partial charge in [-0.1, -0.05) is 32.0 Å². The topological polar surface area (TPSA) is 50.4 Å². The van der Waals surface area contributed by atoms with E-state index >= 15 is 0 Å². The maximum Gasteiger partial charge on any atom is 0.223 e. The molecule has 0 aliphatic heterocycles. The minimum atomic E-state index is -0.00425. The molecule has 0 saturated carbocycles. The molecule has 0 aliphatic carbocycles. The summed E-state index contributed by atoms with van der Waals surface area (Å²) in [5.41, 5.74) is 1.13. The highest BCUT2D eigenvalue weighted by molar-refractivity contribution is 5.75. The molecule has 0 aromatic heterocycles. The van der Waals surface area contributed by atoms with Crippen molar-refractivity contribution >= 4 is 5.91 Å². The first-order valence-electron chi connectivity index (χ1n) is 6.75. The second-order valence-electron chi connectivity index (χ2n) is 4.90. The van der Waals surface area contributed by atoms with Crippen LogP contribution in [0.5, 0.6) is 5.75 Å². The summed E-state index contributed by atoms with van der Waals surface area (Å²) in [6, 6.07) is 7.93. The van der Waals surface area contributed by atoms with E-state index < -0.39 is 0 Å². The number of rotatable bonds is 8. The van der Waals surface area contributed by atoms with Gasteiger partial charge in [0.15, 0.2) is 0 Å². The van der Waals surface area contributed by atoms with E-state index in [1.165, 1.54) is 0 Å². The van der Waals surface area contributed by atoms with Gasteiger partial charge < -0.3 is 15.4 Å². The minimum absolute atomic E-state index is 0.00425. The first-order chi connectivity index (χ1) is 9.13. The second kappa shape index (κ2) is 8.53. The van der Waals surface area contributed by atoms with Crippen LogP contribution in [0.1, 0.15) is 25.8 Å². The molecule has 1 rings (SSSR count). The maximum atomic E-state index is 11.1. The summed E-state index contributed by atoms with van der Waals surface area (Å²) < 4.78 is 5.67. The summed E-state index contributed by atoms with van der Waals surface area (Å²) in [6.07, 6.45) is 0.379. The SMILES string of the molecule is CNC(=O)CCOc1ccccc1CNCC(C)C. The van der Waals surface area contributed by atoms with Gasteiger partial charge in [0.25, 0.3) is 0 Å². The summed E-state index contributed by atoms with van der Waals surface area (Å²) in [7, 11) is 1.63. The molecular weight excluding hydrogens is 240 g/mol. The Morgan fingerprint density at radius 1 is 1.32 bits per heavy atom. The van der Waals surface area contributed by atoms with Crippen LogP contribution >= 0.6 is 0 Å². The van der Waals surface area contributed by atoms with Crippen molar-refractivity contribution in [2.45, 2.75) is 26.8 Å². The van der Waals surface area contributed by atoms with E-state index in [1.54, 1.807) is 7.05 Å². The zero-order chi connectivity index (χ0) is 14.1. The Labute approximate surface area is 115 Å². The molecule has 0 spiro atoms. The van der Waals surface area contributed by atoms with Crippen molar-refractivity contribution in [1.82, 2.24) is 10.6 Å². The minimum Gasteiger partial charge on any atom is -0.493 e. The van der Waals surface area contributed by atoms with Crippen molar-refractivity contribution < 1.29 is 9.53 Å². The standard InChI is InChI=1S/C15H24N2O2/c1-12(2)10-17-11-13-6-4-5-7-14(13)19-9-8-15(18)16-3/h4-7,12,17H,8-11H2,1-3H3,(H,16,18). The summed E-state index contributed by atoms with van der Waals surface area (Å²) in [6.45, 7) is 6.53. The van der Waals surface area contributed by atoms with E-state index in [4.69, 9.17) is 4.74 Å². The Balaban J connectivity index is 2.46. The second-order valence-corrected chi connectivity index (χ2v) is 4.90. The molecular formula is C15H24N2O2. The van der Waals surface area contributed by atoms with Crippen molar-refractivity contribution in [2.75, 3.05) is 20.2 Å². The zero-order valence-corrected chi connectivity index (χ0v) is 12.0. The predicted octanol–water partition coefficient (Wildman–Crippen LogP) is 1.95. The number of hydrogen-bond donors (Lipinski definition) is 2. The molecule has 1 aromatic rings. The normalized spacial score (nSPS) is 10.5. The van der Waals surface area contributed by atoms with Crippen LogP contribution in [0.2, 0.25) is 0 Å². The third-order valence-corrected chi connectivity index (χ3v) is 2.71. The van der Waals surface area contributed by atoms with Gasteiger partial charge in [-0.3, -0.25) is 4.79 Å². The number of amides is 1. The van der Waals surface area contributed by atoms with Crippen LogP contribution in [0.15, 0.2) is 24.3 Å². The van der Waals surface area contributed by atoms with Crippen LogP contribution < -0.4 is 15.4 Å². The fourth-order valence-electron chi connectivity index (χ4n) is 1.66. The monoisotopic (exact) mass is 264 g/mol. The number of ether oxygens (including phenoxy) is 1. The molecule has 4 nitrogen and oxygen atoms in total. The van der Waals surface area contributed by atoms with Gasteiger partial charge in [0, 0.05) is 19.2 Å². The molecule has 106 valence electrons. The lowest BCUT2D eigenvalue weighted by molar-refractivity contribution is -0.121. The van der Waals surface area contributed by atoms with Gasteiger partial charge in [-0.2, -0.15) is 0 Å². The van der Waals surface area contributed by atoms with E-state index in [1.807, 2.05) is 24.3 Å². The number of para-hydroxylation sites is 1. The molecule has 0 atom stereocenters. The molecule has 4 heteroatoms. The lowest BCUT2D eigenvalue weighted by Gasteiger charge is -2.12. The molecule has 0 heterocycles. The molecule has 1 amide bonds. The van der Waals surface area contributed by atoms with Gasteiger partial charge >= 0.3 is 0 Å². The van der Waals surface area contributed by atoms with E-state index in [0.29, 0.717) is 18.9 Å². The van der Waals surface area contributed by atoms with Crippen molar-refractivity contribution in [3.8, 4) is 5.75 Å². The number of carbonyl (C=O) groups is 1. The van der Waals surface area contributed by atoms with Gasteiger partial charge in [0.05, 0.1) is 13.0 Å². The van der Waals surface area contributed by atoms with E-state index in [9.17, 15) is 4.79 Å². The fourth-order valence-corrected chi connectivity index (χ4v) is 1.66. The molecule has 0 fully saturated rings. The highest BCUT2D eigenvalue weighted by Crippen LogP contribution is 2.17. The number of nitrogens with one attached hydrogen (secondary N) is 2. The molecule has 0 aliphatic rings. The number of benzene rings is 1. The largest absolute Gasteiger partial charge is 0.493 e. The van der Waals surface area contributed by atoms with E-state index in [0.717, 1.165) is 24.4 Å². The van der Waals surface area contributed by atoms with Gasteiger partial charge in [0.1, 0.15) is 5.75 Å². The molecule has 0 radical (unpaired) electrons. The Bertz CT molecular complexity index is 391. The van der Waals surface area contributed by atoms with Gasteiger partial charge in [0.2, 0.25) is 5.91 Å². The van der Waals surface area contributed by atoms with Crippen LogP contribution in [-0.4, -0.2) is 26.1 Å². The molecule has 2 N–H and O–H groups in total.